The summed E-state index contributed by atoms with van der Waals surface area (Å²) >= 11 is 3.29. The fourth-order valence-corrected chi connectivity index (χ4v) is 1.22. The Morgan fingerprint density at radius 2 is 2.27 bits per heavy atom. The van der Waals surface area contributed by atoms with E-state index in [0.717, 1.165) is 6.42 Å². The number of carbonyl (C=O) groups excluding carboxylic acids is 2. The van der Waals surface area contributed by atoms with Gasteiger partial charge in [-0.1, -0.05) is 22.9 Å². The average Bonchev–Trinajstić information content (AvgIpc) is 2.28. The zero-order valence-electron chi connectivity index (χ0n) is 6.06. The summed E-state index contributed by atoms with van der Waals surface area (Å²) in [5, 5.41) is 2.18. The topological polar surface area (TPSA) is 46.2 Å². The lowest BCUT2D eigenvalue weighted by Gasteiger charge is -2.03. The van der Waals surface area contributed by atoms with E-state index >= 15 is 0 Å². The lowest BCUT2D eigenvalue weighted by atomic mass is 10.1. The van der Waals surface area contributed by atoms with Gasteiger partial charge in [0.15, 0.2) is 0 Å². The van der Waals surface area contributed by atoms with E-state index in [1.54, 1.807) is 0 Å². The first kappa shape index (κ1) is 8.46. The van der Waals surface area contributed by atoms with Gasteiger partial charge in [-0.3, -0.25) is 14.9 Å². The molecule has 0 saturated heterocycles. The van der Waals surface area contributed by atoms with Crippen molar-refractivity contribution in [2.75, 3.05) is 0 Å². The molecule has 1 aliphatic heterocycles. The third-order valence-corrected chi connectivity index (χ3v) is 2.62. The Morgan fingerprint density at radius 3 is 2.64 bits per heavy atom. The second-order valence-corrected chi connectivity index (χ2v) is 3.40. The minimum Gasteiger partial charge on any atom is -0.289 e. The van der Waals surface area contributed by atoms with Crippen LogP contribution in [0.3, 0.4) is 0 Å². The molecule has 1 unspecified atom stereocenters. The fourth-order valence-electron chi connectivity index (χ4n) is 0.880. The van der Waals surface area contributed by atoms with Crippen molar-refractivity contribution in [3.05, 3.63) is 11.6 Å². The van der Waals surface area contributed by atoms with E-state index in [1.807, 2.05) is 6.92 Å². The molecule has 60 valence electrons. The van der Waals surface area contributed by atoms with Crippen LogP contribution in [0.4, 0.5) is 0 Å². The normalized spacial score (nSPS) is 19.6. The highest BCUT2D eigenvalue weighted by molar-refractivity contribution is 9.09. The molecule has 1 heterocycles. The molecule has 0 spiro atoms. The first-order valence-corrected chi connectivity index (χ1v) is 4.27. The molecule has 0 aromatic carbocycles. The first-order valence-electron chi connectivity index (χ1n) is 3.36. The monoisotopic (exact) mass is 217 g/mol. The van der Waals surface area contributed by atoms with E-state index in [4.69, 9.17) is 0 Å². The van der Waals surface area contributed by atoms with Crippen molar-refractivity contribution < 1.29 is 9.59 Å². The minimum absolute atomic E-state index is 0.00560. The van der Waals surface area contributed by atoms with Gasteiger partial charge in [0.05, 0.1) is 0 Å². The highest BCUT2D eigenvalue weighted by atomic mass is 79.9. The lowest BCUT2D eigenvalue weighted by Crippen LogP contribution is -2.24. The summed E-state index contributed by atoms with van der Waals surface area (Å²) in [5.41, 5.74) is 0.525. The van der Waals surface area contributed by atoms with Crippen LogP contribution in [0.1, 0.15) is 13.3 Å². The van der Waals surface area contributed by atoms with Gasteiger partial charge in [0.2, 0.25) is 0 Å². The number of carbonyl (C=O) groups is 2. The summed E-state index contributed by atoms with van der Waals surface area (Å²) in [4.78, 5) is 21.6. The number of imide groups is 1. The number of hydrogen-bond donors (Lipinski definition) is 1. The highest BCUT2D eigenvalue weighted by Gasteiger charge is 2.24. The van der Waals surface area contributed by atoms with Gasteiger partial charge in [0.25, 0.3) is 11.8 Å². The Hall–Kier alpha value is -0.640. The van der Waals surface area contributed by atoms with E-state index in [0.29, 0.717) is 5.57 Å². The van der Waals surface area contributed by atoms with Crippen molar-refractivity contribution in [2.24, 2.45) is 0 Å². The molecule has 11 heavy (non-hydrogen) atoms. The molecule has 4 heteroatoms. The van der Waals surface area contributed by atoms with Crippen LogP contribution >= 0.6 is 15.9 Å². The van der Waals surface area contributed by atoms with Crippen LogP contribution in [0.2, 0.25) is 0 Å². The van der Waals surface area contributed by atoms with Crippen molar-refractivity contribution in [3.8, 4) is 0 Å². The molecule has 3 nitrogen and oxygen atoms in total. The van der Waals surface area contributed by atoms with Crippen LogP contribution in [0.5, 0.6) is 0 Å². The van der Waals surface area contributed by atoms with E-state index in [2.05, 4.69) is 21.2 Å². The highest BCUT2D eigenvalue weighted by Crippen LogP contribution is 2.18. The standard InChI is InChI=1S/C7H8BrNO2/c1-2-5(8)4-3-6(10)9-7(4)11/h3,5H,2H2,1H3,(H,9,10,11). The van der Waals surface area contributed by atoms with E-state index in [-0.39, 0.29) is 16.6 Å². The number of rotatable bonds is 2. The number of alkyl halides is 1. The maximum Gasteiger partial charge on any atom is 0.255 e. The summed E-state index contributed by atoms with van der Waals surface area (Å²) in [6.07, 6.45) is 2.14. The van der Waals surface area contributed by atoms with Crippen LogP contribution in [-0.4, -0.2) is 16.6 Å². The molecule has 1 N–H and O–H groups in total. The lowest BCUT2D eigenvalue weighted by molar-refractivity contribution is -0.123. The molecule has 2 amide bonds. The van der Waals surface area contributed by atoms with E-state index in [9.17, 15) is 9.59 Å². The molecule has 1 rings (SSSR count). The van der Waals surface area contributed by atoms with Gasteiger partial charge < -0.3 is 0 Å². The molecule has 0 radical (unpaired) electrons. The SMILES string of the molecule is CCC(Br)C1=CC(=O)NC1=O. The molecule has 0 aromatic rings. The Balaban J connectivity index is 2.79. The van der Waals surface area contributed by atoms with E-state index < -0.39 is 0 Å². The van der Waals surface area contributed by atoms with Gasteiger partial charge >= 0.3 is 0 Å². The van der Waals surface area contributed by atoms with Gasteiger partial charge in [-0.25, -0.2) is 0 Å². The summed E-state index contributed by atoms with van der Waals surface area (Å²) in [7, 11) is 0. The molecular formula is C7H8BrNO2. The minimum atomic E-state index is -0.317. The third-order valence-electron chi connectivity index (χ3n) is 1.48. The predicted octanol–water partition coefficient (Wildman–Crippen LogP) is 0.743. The van der Waals surface area contributed by atoms with Crippen molar-refractivity contribution in [2.45, 2.75) is 18.2 Å². The molecular weight excluding hydrogens is 210 g/mol. The Bertz CT molecular complexity index is 235. The summed E-state index contributed by atoms with van der Waals surface area (Å²) in [5.74, 6) is -0.596. The maximum absolute atomic E-state index is 11.0. The summed E-state index contributed by atoms with van der Waals surface area (Å²) in [6.45, 7) is 1.94. The van der Waals surface area contributed by atoms with Crippen molar-refractivity contribution in [1.29, 1.82) is 0 Å². The molecule has 0 fully saturated rings. The zero-order valence-corrected chi connectivity index (χ0v) is 7.64. The van der Waals surface area contributed by atoms with Crippen LogP contribution in [0, 0.1) is 0 Å². The Labute approximate surface area is 73.0 Å². The Kier molecular flexibility index (Phi) is 2.44. The van der Waals surface area contributed by atoms with Crippen molar-refractivity contribution >= 4 is 27.7 Å². The van der Waals surface area contributed by atoms with Crippen molar-refractivity contribution in [3.63, 3.8) is 0 Å². The van der Waals surface area contributed by atoms with Crippen LogP contribution in [0.25, 0.3) is 0 Å². The average molecular weight is 218 g/mol. The Morgan fingerprint density at radius 1 is 1.64 bits per heavy atom. The summed E-state index contributed by atoms with van der Waals surface area (Å²) in [6, 6.07) is 0. The predicted molar refractivity (Wildman–Crippen MR) is 44.2 cm³/mol. The number of hydrogen-bond acceptors (Lipinski definition) is 2. The number of amides is 2. The van der Waals surface area contributed by atoms with E-state index in [1.165, 1.54) is 6.08 Å². The smallest absolute Gasteiger partial charge is 0.255 e. The van der Waals surface area contributed by atoms with Gasteiger partial charge in [0, 0.05) is 16.5 Å². The molecule has 0 aromatic heterocycles. The molecule has 0 bridgehead atoms. The quantitative estimate of drug-likeness (QED) is 0.548. The molecule has 0 saturated carbocycles. The van der Waals surface area contributed by atoms with Gasteiger partial charge in [-0.2, -0.15) is 0 Å². The number of halogens is 1. The second-order valence-electron chi connectivity index (χ2n) is 2.29. The molecule has 1 aliphatic rings. The van der Waals surface area contributed by atoms with Crippen molar-refractivity contribution in [1.82, 2.24) is 5.32 Å². The fraction of sp³-hybridized carbons (Fsp3) is 0.429. The third kappa shape index (κ3) is 1.68. The first-order chi connectivity index (χ1) is 5.15. The summed E-state index contributed by atoms with van der Waals surface area (Å²) < 4.78 is 0. The molecule has 0 aliphatic carbocycles. The molecule has 1 atom stereocenters. The van der Waals surface area contributed by atoms with Gasteiger partial charge in [-0.05, 0) is 6.42 Å². The van der Waals surface area contributed by atoms with Gasteiger partial charge in [-0.15, -0.1) is 0 Å². The van der Waals surface area contributed by atoms with Crippen LogP contribution in [-0.2, 0) is 9.59 Å². The zero-order chi connectivity index (χ0) is 8.43. The van der Waals surface area contributed by atoms with Gasteiger partial charge in [0.1, 0.15) is 0 Å². The van der Waals surface area contributed by atoms with Crippen LogP contribution in [0.15, 0.2) is 11.6 Å². The van der Waals surface area contributed by atoms with Crippen LogP contribution < -0.4 is 5.32 Å². The second kappa shape index (κ2) is 3.17. The largest absolute Gasteiger partial charge is 0.289 e. The maximum atomic E-state index is 11.0. The number of nitrogens with one attached hydrogen (secondary N) is 1.